The first-order valence-electron chi connectivity index (χ1n) is 6.69. The highest BCUT2D eigenvalue weighted by Crippen LogP contribution is 2.55. The van der Waals surface area contributed by atoms with Crippen molar-refractivity contribution in [3.63, 3.8) is 0 Å². The largest absolute Gasteiger partial charge is 0.316 e. The van der Waals surface area contributed by atoms with Gasteiger partial charge in [0.15, 0.2) is 0 Å². The smallest absolute Gasteiger partial charge is 0.123 e. The lowest BCUT2D eigenvalue weighted by atomic mass is 9.92. The van der Waals surface area contributed by atoms with Gasteiger partial charge in [0.05, 0.1) is 0 Å². The fourth-order valence-corrected chi connectivity index (χ4v) is 2.86. The molecular formula is C15H22FN. The fourth-order valence-electron chi connectivity index (χ4n) is 2.86. The van der Waals surface area contributed by atoms with Gasteiger partial charge in [0, 0.05) is 12.0 Å². The van der Waals surface area contributed by atoms with E-state index in [4.69, 9.17) is 0 Å². The third kappa shape index (κ3) is 2.52. The summed E-state index contributed by atoms with van der Waals surface area (Å²) in [7, 11) is 0. The Hall–Kier alpha value is -0.890. The summed E-state index contributed by atoms with van der Waals surface area (Å²) in [4.78, 5) is 0. The van der Waals surface area contributed by atoms with Crippen LogP contribution >= 0.6 is 0 Å². The van der Waals surface area contributed by atoms with Crippen molar-refractivity contribution >= 4 is 0 Å². The van der Waals surface area contributed by atoms with Crippen LogP contribution in [0.5, 0.6) is 0 Å². The topological polar surface area (TPSA) is 12.0 Å². The molecule has 94 valence electrons. The van der Waals surface area contributed by atoms with E-state index in [2.05, 4.69) is 19.2 Å². The molecule has 1 aliphatic rings. The van der Waals surface area contributed by atoms with Crippen LogP contribution in [0.3, 0.4) is 0 Å². The minimum Gasteiger partial charge on any atom is -0.316 e. The second-order valence-electron chi connectivity index (χ2n) is 5.15. The Balaban J connectivity index is 2.09. The van der Waals surface area contributed by atoms with Gasteiger partial charge in [-0.25, -0.2) is 4.39 Å². The SMILES string of the molecule is CCCNCC1(c2ccc(F)cc2)CC1CC. The second-order valence-corrected chi connectivity index (χ2v) is 5.15. The predicted molar refractivity (Wildman–Crippen MR) is 69.6 cm³/mol. The first-order valence-corrected chi connectivity index (χ1v) is 6.69. The minimum absolute atomic E-state index is 0.140. The summed E-state index contributed by atoms with van der Waals surface area (Å²) in [5, 5.41) is 3.52. The molecular weight excluding hydrogens is 213 g/mol. The molecule has 0 amide bonds. The number of rotatable bonds is 6. The van der Waals surface area contributed by atoms with Gasteiger partial charge in [0.1, 0.15) is 5.82 Å². The maximum absolute atomic E-state index is 13.0. The second kappa shape index (κ2) is 5.18. The van der Waals surface area contributed by atoms with Gasteiger partial charge in [0.2, 0.25) is 0 Å². The number of nitrogens with one attached hydrogen (secondary N) is 1. The highest BCUT2D eigenvalue weighted by Gasteiger charge is 2.53. The van der Waals surface area contributed by atoms with E-state index in [1.165, 1.54) is 18.4 Å². The lowest BCUT2D eigenvalue weighted by molar-refractivity contribution is 0.521. The Morgan fingerprint density at radius 1 is 1.29 bits per heavy atom. The van der Waals surface area contributed by atoms with Gasteiger partial charge in [-0.3, -0.25) is 0 Å². The molecule has 1 fully saturated rings. The van der Waals surface area contributed by atoms with Crippen molar-refractivity contribution in [2.24, 2.45) is 5.92 Å². The van der Waals surface area contributed by atoms with E-state index in [1.54, 1.807) is 12.1 Å². The van der Waals surface area contributed by atoms with Crippen molar-refractivity contribution < 1.29 is 4.39 Å². The van der Waals surface area contributed by atoms with Crippen LogP contribution in [-0.4, -0.2) is 13.1 Å². The Bertz CT molecular complexity index is 360. The van der Waals surface area contributed by atoms with Gasteiger partial charge in [-0.2, -0.15) is 0 Å². The van der Waals surface area contributed by atoms with Crippen molar-refractivity contribution in [1.82, 2.24) is 5.32 Å². The third-order valence-corrected chi connectivity index (χ3v) is 4.01. The zero-order chi connectivity index (χ0) is 12.3. The Morgan fingerprint density at radius 2 is 2.00 bits per heavy atom. The van der Waals surface area contributed by atoms with Crippen molar-refractivity contribution in [2.45, 2.75) is 38.5 Å². The number of hydrogen-bond donors (Lipinski definition) is 1. The average Bonchev–Trinajstić information content (AvgIpc) is 3.05. The molecule has 0 bridgehead atoms. The Morgan fingerprint density at radius 3 is 2.53 bits per heavy atom. The summed E-state index contributed by atoms with van der Waals surface area (Å²) < 4.78 is 13.0. The summed E-state index contributed by atoms with van der Waals surface area (Å²) in [6.07, 6.45) is 3.62. The molecule has 0 radical (unpaired) electrons. The molecule has 0 aromatic heterocycles. The third-order valence-electron chi connectivity index (χ3n) is 4.01. The van der Waals surface area contributed by atoms with Crippen molar-refractivity contribution in [3.8, 4) is 0 Å². The van der Waals surface area contributed by atoms with Gasteiger partial charge in [-0.05, 0) is 43.0 Å². The predicted octanol–water partition coefficient (Wildman–Crippen LogP) is 3.49. The number of halogens is 1. The zero-order valence-corrected chi connectivity index (χ0v) is 10.8. The molecule has 2 rings (SSSR count). The normalized spacial score (nSPS) is 27.1. The maximum Gasteiger partial charge on any atom is 0.123 e. The first kappa shape index (κ1) is 12.6. The van der Waals surface area contributed by atoms with Crippen LogP contribution < -0.4 is 5.32 Å². The molecule has 2 heteroatoms. The number of benzene rings is 1. The summed E-state index contributed by atoms with van der Waals surface area (Å²) >= 11 is 0. The zero-order valence-electron chi connectivity index (χ0n) is 10.8. The van der Waals surface area contributed by atoms with Gasteiger partial charge in [-0.15, -0.1) is 0 Å². The van der Waals surface area contributed by atoms with E-state index in [1.807, 2.05) is 12.1 Å². The molecule has 1 N–H and O–H groups in total. The maximum atomic E-state index is 13.0. The average molecular weight is 235 g/mol. The Kier molecular flexibility index (Phi) is 3.82. The Labute approximate surface area is 103 Å². The van der Waals surface area contributed by atoms with Crippen molar-refractivity contribution in [3.05, 3.63) is 35.6 Å². The summed E-state index contributed by atoms with van der Waals surface area (Å²) in [6, 6.07) is 7.08. The molecule has 1 aromatic rings. The molecule has 1 aromatic carbocycles. The highest BCUT2D eigenvalue weighted by molar-refractivity contribution is 5.34. The van der Waals surface area contributed by atoms with Crippen LogP contribution in [0, 0.1) is 11.7 Å². The molecule has 1 aliphatic carbocycles. The fraction of sp³-hybridized carbons (Fsp3) is 0.600. The highest BCUT2D eigenvalue weighted by atomic mass is 19.1. The van der Waals surface area contributed by atoms with Crippen molar-refractivity contribution in [1.29, 1.82) is 0 Å². The van der Waals surface area contributed by atoms with E-state index in [0.29, 0.717) is 0 Å². The molecule has 2 unspecified atom stereocenters. The van der Waals surface area contributed by atoms with Crippen LogP contribution in [0.1, 0.15) is 38.7 Å². The molecule has 0 spiro atoms. The van der Waals surface area contributed by atoms with E-state index in [0.717, 1.165) is 25.4 Å². The summed E-state index contributed by atoms with van der Waals surface area (Å²) in [5.74, 6) is 0.622. The molecule has 0 aliphatic heterocycles. The standard InChI is InChI=1S/C15H22FN/c1-3-9-17-11-15(10-12(15)4-2)13-5-7-14(16)8-6-13/h5-8,12,17H,3-4,9-11H2,1-2H3. The van der Waals surface area contributed by atoms with Gasteiger partial charge in [0.25, 0.3) is 0 Å². The summed E-state index contributed by atoms with van der Waals surface area (Å²) in [6.45, 7) is 6.53. The molecule has 2 atom stereocenters. The van der Waals surface area contributed by atoms with Crippen LogP contribution in [-0.2, 0) is 5.41 Å². The molecule has 17 heavy (non-hydrogen) atoms. The van der Waals surface area contributed by atoms with E-state index in [9.17, 15) is 4.39 Å². The van der Waals surface area contributed by atoms with Crippen LogP contribution in [0.2, 0.25) is 0 Å². The molecule has 0 heterocycles. The molecule has 1 nitrogen and oxygen atoms in total. The first-order chi connectivity index (χ1) is 8.23. The van der Waals surface area contributed by atoms with Gasteiger partial charge in [-0.1, -0.05) is 32.4 Å². The van der Waals surface area contributed by atoms with E-state index in [-0.39, 0.29) is 11.2 Å². The minimum atomic E-state index is -0.140. The lowest BCUT2D eigenvalue weighted by Gasteiger charge is -2.18. The van der Waals surface area contributed by atoms with Gasteiger partial charge < -0.3 is 5.32 Å². The van der Waals surface area contributed by atoms with Crippen LogP contribution in [0.25, 0.3) is 0 Å². The van der Waals surface area contributed by atoms with Crippen molar-refractivity contribution in [2.75, 3.05) is 13.1 Å². The quantitative estimate of drug-likeness (QED) is 0.744. The van der Waals surface area contributed by atoms with Gasteiger partial charge >= 0.3 is 0 Å². The number of hydrogen-bond acceptors (Lipinski definition) is 1. The molecule has 1 saturated carbocycles. The van der Waals surface area contributed by atoms with E-state index >= 15 is 0 Å². The van der Waals surface area contributed by atoms with Crippen LogP contribution in [0.4, 0.5) is 4.39 Å². The van der Waals surface area contributed by atoms with Crippen LogP contribution in [0.15, 0.2) is 24.3 Å². The monoisotopic (exact) mass is 235 g/mol. The summed E-state index contributed by atoms with van der Waals surface area (Å²) in [5.41, 5.74) is 1.58. The lowest BCUT2D eigenvalue weighted by Crippen LogP contribution is -2.29. The van der Waals surface area contributed by atoms with E-state index < -0.39 is 0 Å². The molecule has 0 saturated heterocycles.